The third kappa shape index (κ3) is 3.89. The number of nitrogens with zero attached hydrogens (tertiary/aromatic N) is 3. The number of benzene rings is 2. The zero-order chi connectivity index (χ0) is 22.1. The molecule has 0 unspecified atom stereocenters. The monoisotopic (exact) mass is 464 g/mol. The van der Waals surface area contributed by atoms with Crippen molar-refractivity contribution in [2.75, 3.05) is 12.5 Å². The molecule has 0 radical (unpaired) electrons. The van der Waals surface area contributed by atoms with Gasteiger partial charge in [0.1, 0.15) is 10.6 Å². The lowest BCUT2D eigenvalue weighted by Gasteiger charge is -2.13. The standard InChI is InChI=1S/C24H21ClN4O2S/c1-31-18-12-10-17(11-13-18)29-23(30)21-19-4-2-3-5-20(19)32-22(21)27-24(29)28-26-14-15-6-8-16(25)9-7-15/h6-14H,2-5H2,1H3,(H,27,28). The van der Waals surface area contributed by atoms with Crippen molar-refractivity contribution >= 4 is 45.3 Å². The Balaban J connectivity index is 1.62. The molecule has 6 nitrogen and oxygen atoms in total. The molecule has 0 saturated carbocycles. The molecule has 0 aliphatic heterocycles. The molecule has 1 aliphatic carbocycles. The van der Waals surface area contributed by atoms with Gasteiger partial charge < -0.3 is 4.74 Å². The lowest BCUT2D eigenvalue weighted by molar-refractivity contribution is 0.414. The maximum atomic E-state index is 13.7. The van der Waals surface area contributed by atoms with Crippen molar-refractivity contribution in [1.29, 1.82) is 0 Å². The number of aromatic nitrogens is 2. The highest BCUT2D eigenvalue weighted by Gasteiger charge is 2.22. The summed E-state index contributed by atoms with van der Waals surface area (Å²) in [5.41, 5.74) is 5.64. The second kappa shape index (κ2) is 8.76. The zero-order valence-electron chi connectivity index (χ0n) is 17.5. The molecule has 32 heavy (non-hydrogen) atoms. The number of thiophene rings is 1. The summed E-state index contributed by atoms with van der Waals surface area (Å²) in [5.74, 6) is 1.09. The Kier molecular flexibility index (Phi) is 5.68. The minimum atomic E-state index is -0.0799. The number of rotatable bonds is 5. The van der Waals surface area contributed by atoms with E-state index in [9.17, 15) is 4.79 Å². The quantitative estimate of drug-likeness (QED) is 0.315. The predicted molar refractivity (Wildman–Crippen MR) is 131 cm³/mol. The van der Waals surface area contributed by atoms with Crippen molar-refractivity contribution in [2.24, 2.45) is 5.10 Å². The Labute approximate surface area is 194 Å². The number of aryl methyl sites for hydroxylation is 2. The summed E-state index contributed by atoms with van der Waals surface area (Å²) in [6, 6.07) is 14.7. The van der Waals surface area contributed by atoms with Crippen LogP contribution in [0.25, 0.3) is 15.9 Å². The molecule has 0 amide bonds. The summed E-state index contributed by atoms with van der Waals surface area (Å²) < 4.78 is 6.86. The Morgan fingerprint density at radius 2 is 1.88 bits per heavy atom. The number of hydrogen-bond donors (Lipinski definition) is 1. The van der Waals surface area contributed by atoms with E-state index in [2.05, 4.69) is 10.5 Å². The Morgan fingerprint density at radius 1 is 1.12 bits per heavy atom. The fraction of sp³-hybridized carbons (Fsp3) is 0.208. The van der Waals surface area contributed by atoms with Crippen molar-refractivity contribution in [3.63, 3.8) is 0 Å². The van der Waals surface area contributed by atoms with Crippen LogP contribution in [-0.4, -0.2) is 22.9 Å². The second-order valence-electron chi connectivity index (χ2n) is 7.59. The van der Waals surface area contributed by atoms with E-state index in [-0.39, 0.29) is 5.56 Å². The van der Waals surface area contributed by atoms with Crippen LogP contribution in [0, 0.1) is 0 Å². The number of fused-ring (bicyclic) bond motifs is 3. The number of halogens is 1. The molecule has 0 saturated heterocycles. The molecule has 2 heterocycles. The van der Waals surface area contributed by atoms with Crippen LogP contribution in [-0.2, 0) is 12.8 Å². The van der Waals surface area contributed by atoms with Gasteiger partial charge in [0.25, 0.3) is 5.56 Å². The Morgan fingerprint density at radius 3 is 2.62 bits per heavy atom. The summed E-state index contributed by atoms with van der Waals surface area (Å²) in [4.78, 5) is 20.5. The molecular formula is C24H21ClN4O2S. The average molecular weight is 465 g/mol. The number of nitrogens with one attached hydrogen (secondary N) is 1. The van der Waals surface area contributed by atoms with E-state index in [4.69, 9.17) is 21.3 Å². The number of ether oxygens (including phenoxy) is 1. The third-order valence-corrected chi connectivity index (χ3v) is 7.01. The van der Waals surface area contributed by atoms with Gasteiger partial charge in [-0.3, -0.25) is 4.79 Å². The molecule has 162 valence electrons. The molecule has 2 aromatic heterocycles. The maximum Gasteiger partial charge on any atom is 0.268 e. The van der Waals surface area contributed by atoms with E-state index < -0.39 is 0 Å². The molecule has 0 bridgehead atoms. The fourth-order valence-corrected chi connectivity index (χ4v) is 5.34. The van der Waals surface area contributed by atoms with Gasteiger partial charge in [-0.25, -0.2) is 15.0 Å². The van der Waals surface area contributed by atoms with Gasteiger partial charge in [-0.1, -0.05) is 23.7 Å². The van der Waals surface area contributed by atoms with Crippen LogP contribution in [0.5, 0.6) is 5.75 Å². The van der Waals surface area contributed by atoms with E-state index >= 15 is 0 Å². The first-order valence-corrected chi connectivity index (χ1v) is 11.6. The van der Waals surface area contributed by atoms with Gasteiger partial charge in [-0.2, -0.15) is 5.10 Å². The van der Waals surface area contributed by atoms with Crippen molar-refractivity contribution in [1.82, 2.24) is 9.55 Å². The summed E-state index contributed by atoms with van der Waals surface area (Å²) in [7, 11) is 1.62. The number of anilines is 1. The van der Waals surface area contributed by atoms with Gasteiger partial charge in [0.2, 0.25) is 5.95 Å². The van der Waals surface area contributed by atoms with Gasteiger partial charge in [0, 0.05) is 9.90 Å². The van der Waals surface area contributed by atoms with Crippen molar-refractivity contribution in [2.45, 2.75) is 25.7 Å². The molecular weight excluding hydrogens is 444 g/mol. The molecule has 1 N–H and O–H groups in total. The predicted octanol–water partition coefficient (Wildman–Crippen LogP) is 5.43. The molecule has 4 aromatic rings. The molecule has 8 heteroatoms. The molecule has 0 spiro atoms. The first kappa shape index (κ1) is 20.7. The molecule has 0 fully saturated rings. The average Bonchev–Trinajstić information content (AvgIpc) is 3.19. The first-order valence-electron chi connectivity index (χ1n) is 10.4. The summed E-state index contributed by atoms with van der Waals surface area (Å²) in [6.07, 6.45) is 5.87. The van der Waals surface area contributed by atoms with Crippen LogP contribution >= 0.6 is 22.9 Å². The molecule has 0 atom stereocenters. The molecule has 2 aromatic carbocycles. The van der Waals surface area contributed by atoms with Crippen LogP contribution < -0.4 is 15.7 Å². The third-order valence-electron chi connectivity index (χ3n) is 5.57. The fourth-order valence-electron chi connectivity index (χ4n) is 3.96. The smallest absolute Gasteiger partial charge is 0.268 e. The first-order chi connectivity index (χ1) is 15.6. The van der Waals surface area contributed by atoms with E-state index in [1.807, 2.05) is 36.4 Å². The minimum Gasteiger partial charge on any atom is -0.497 e. The van der Waals surface area contributed by atoms with Crippen LogP contribution in [0.1, 0.15) is 28.8 Å². The van der Waals surface area contributed by atoms with Gasteiger partial charge in [-0.05, 0) is 73.2 Å². The van der Waals surface area contributed by atoms with Crippen molar-refractivity contribution < 1.29 is 4.74 Å². The van der Waals surface area contributed by atoms with Crippen molar-refractivity contribution in [3.8, 4) is 11.4 Å². The lowest BCUT2D eigenvalue weighted by Crippen LogP contribution is -2.23. The summed E-state index contributed by atoms with van der Waals surface area (Å²) in [6.45, 7) is 0. The van der Waals surface area contributed by atoms with Crippen molar-refractivity contribution in [3.05, 3.63) is 79.9 Å². The Bertz CT molecular complexity index is 1360. The van der Waals surface area contributed by atoms with Gasteiger partial charge >= 0.3 is 0 Å². The van der Waals surface area contributed by atoms with E-state index in [0.29, 0.717) is 16.7 Å². The largest absolute Gasteiger partial charge is 0.497 e. The lowest BCUT2D eigenvalue weighted by atomic mass is 9.97. The summed E-state index contributed by atoms with van der Waals surface area (Å²) in [5, 5.41) is 5.72. The van der Waals surface area contributed by atoms with Gasteiger partial charge in [-0.15, -0.1) is 11.3 Å². The molecule has 5 rings (SSSR count). The van der Waals surface area contributed by atoms with Gasteiger partial charge in [0.15, 0.2) is 0 Å². The summed E-state index contributed by atoms with van der Waals surface area (Å²) >= 11 is 7.57. The van der Waals surface area contributed by atoms with Gasteiger partial charge in [0.05, 0.1) is 24.4 Å². The number of hydrazone groups is 1. The second-order valence-corrected chi connectivity index (χ2v) is 9.11. The van der Waals surface area contributed by atoms with Crippen LogP contribution in [0.4, 0.5) is 5.95 Å². The van der Waals surface area contributed by atoms with E-state index in [0.717, 1.165) is 52.8 Å². The minimum absolute atomic E-state index is 0.0799. The topological polar surface area (TPSA) is 68.5 Å². The Hall–Kier alpha value is -3.16. The number of methoxy groups -OCH3 is 1. The number of hydrogen-bond acceptors (Lipinski definition) is 6. The maximum absolute atomic E-state index is 13.7. The van der Waals surface area contributed by atoms with E-state index in [1.165, 1.54) is 4.88 Å². The van der Waals surface area contributed by atoms with Crippen LogP contribution in [0.3, 0.4) is 0 Å². The highest BCUT2D eigenvalue weighted by Crippen LogP contribution is 2.34. The van der Waals surface area contributed by atoms with Crippen LogP contribution in [0.2, 0.25) is 5.02 Å². The zero-order valence-corrected chi connectivity index (χ0v) is 19.0. The van der Waals surface area contributed by atoms with Crippen LogP contribution in [0.15, 0.2) is 58.4 Å². The normalized spacial score (nSPS) is 13.4. The highest BCUT2D eigenvalue weighted by atomic mass is 35.5. The molecule has 1 aliphatic rings. The van der Waals surface area contributed by atoms with E-state index in [1.54, 1.807) is 41.4 Å². The highest BCUT2D eigenvalue weighted by molar-refractivity contribution is 7.18. The SMILES string of the molecule is COc1ccc(-n2c(NN=Cc3ccc(Cl)cc3)nc3sc4c(c3c2=O)CCCC4)cc1.